The minimum atomic E-state index is -0.276. The summed E-state index contributed by atoms with van der Waals surface area (Å²) in [6.45, 7) is 0.915. The lowest BCUT2D eigenvalue weighted by Crippen LogP contribution is -2.07. The molecule has 2 rings (SSSR count). The molecule has 0 aliphatic carbocycles. The topological polar surface area (TPSA) is 52.3 Å². The van der Waals surface area contributed by atoms with Crippen molar-refractivity contribution in [2.75, 3.05) is 6.61 Å². The molecule has 0 unspecified atom stereocenters. The Kier molecular flexibility index (Phi) is 5.33. The average molecular weight is 269 g/mol. The van der Waals surface area contributed by atoms with Gasteiger partial charge in [-0.3, -0.25) is 0 Å². The third-order valence-electron chi connectivity index (χ3n) is 3.11. The second-order valence-corrected chi connectivity index (χ2v) is 4.63. The standard InChI is InChI=1S/C17H19NO2/c18-13-15-8-10-16(11-9-15)17(19)20-12-4-7-14-5-2-1-3-6-14/h1-3,5-6,8-11H,4,7,12-13,18H2. The zero-order chi connectivity index (χ0) is 14.2. The van der Waals surface area contributed by atoms with E-state index in [9.17, 15) is 4.79 Å². The van der Waals surface area contributed by atoms with E-state index in [1.54, 1.807) is 12.1 Å². The van der Waals surface area contributed by atoms with Crippen molar-refractivity contribution < 1.29 is 9.53 Å². The fourth-order valence-electron chi connectivity index (χ4n) is 1.95. The monoisotopic (exact) mass is 269 g/mol. The van der Waals surface area contributed by atoms with Crippen LogP contribution in [0.1, 0.15) is 27.9 Å². The van der Waals surface area contributed by atoms with E-state index in [1.807, 2.05) is 30.3 Å². The number of benzene rings is 2. The van der Waals surface area contributed by atoms with Gasteiger partial charge in [0.2, 0.25) is 0 Å². The third-order valence-corrected chi connectivity index (χ3v) is 3.11. The molecule has 0 aliphatic rings. The maximum Gasteiger partial charge on any atom is 0.338 e. The molecule has 0 saturated heterocycles. The van der Waals surface area contributed by atoms with Gasteiger partial charge in [-0.1, -0.05) is 42.5 Å². The Balaban J connectivity index is 1.74. The van der Waals surface area contributed by atoms with E-state index < -0.39 is 0 Å². The van der Waals surface area contributed by atoms with E-state index in [0.717, 1.165) is 18.4 Å². The minimum absolute atomic E-state index is 0.276. The van der Waals surface area contributed by atoms with Crippen molar-refractivity contribution in [1.29, 1.82) is 0 Å². The molecule has 0 atom stereocenters. The van der Waals surface area contributed by atoms with Gasteiger partial charge in [0.1, 0.15) is 0 Å². The smallest absolute Gasteiger partial charge is 0.338 e. The van der Waals surface area contributed by atoms with Crippen LogP contribution < -0.4 is 5.73 Å². The molecule has 2 N–H and O–H groups in total. The molecule has 0 bridgehead atoms. The van der Waals surface area contributed by atoms with Crippen LogP contribution in [0.3, 0.4) is 0 Å². The molecular weight excluding hydrogens is 250 g/mol. The van der Waals surface area contributed by atoms with Crippen molar-refractivity contribution in [2.45, 2.75) is 19.4 Å². The first-order valence-electron chi connectivity index (χ1n) is 6.79. The van der Waals surface area contributed by atoms with Crippen molar-refractivity contribution in [3.8, 4) is 0 Å². The summed E-state index contributed by atoms with van der Waals surface area (Å²) in [6, 6.07) is 17.4. The van der Waals surface area contributed by atoms with Gasteiger partial charge >= 0.3 is 5.97 Å². The summed E-state index contributed by atoms with van der Waals surface area (Å²) in [6.07, 6.45) is 1.75. The maximum atomic E-state index is 11.8. The van der Waals surface area contributed by atoms with Crippen molar-refractivity contribution in [3.63, 3.8) is 0 Å². The van der Waals surface area contributed by atoms with Crippen LogP contribution >= 0.6 is 0 Å². The zero-order valence-electron chi connectivity index (χ0n) is 11.4. The van der Waals surface area contributed by atoms with Crippen LogP contribution in [0.15, 0.2) is 54.6 Å². The molecule has 20 heavy (non-hydrogen) atoms. The Bertz CT molecular complexity index is 535. The second-order valence-electron chi connectivity index (χ2n) is 4.63. The molecule has 0 heterocycles. The van der Waals surface area contributed by atoms with Crippen LogP contribution in [0.2, 0.25) is 0 Å². The van der Waals surface area contributed by atoms with Gasteiger partial charge in [-0.2, -0.15) is 0 Å². The lowest BCUT2D eigenvalue weighted by Gasteiger charge is -2.05. The summed E-state index contributed by atoms with van der Waals surface area (Å²) in [5, 5.41) is 0. The highest BCUT2D eigenvalue weighted by atomic mass is 16.5. The predicted octanol–water partition coefficient (Wildman–Crippen LogP) is 2.93. The van der Waals surface area contributed by atoms with E-state index in [1.165, 1.54) is 5.56 Å². The fraction of sp³-hybridized carbons (Fsp3) is 0.235. The van der Waals surface area contributed by atoms with Crippen molar-refractivity contribution in [3.05, 3.63) is 71.3 Å². The van der Waals surface area contributed by atoms with E-state index in [-0.39, 0.29) is 5.97 Å². The number of ether oxygens (including phenoxy) is 1. The van der Waals surface area contributed by atoms with Gasteiger partial charge in [-0.25, -0.2) is 4.79 Å². The summed E-state index contributed by atoms with van der Waals surface area (Å²) < 4.78 is 5.25. The highest BCUT2D eigenvalue weighted by Crippen LogP contribution is 2.07. The number of carbonyl (C=O) groups excluding carboxylic acids is 1. The Hall–Kier alpha value is -2.13. The predicted molar refractivity (Wildman–Crippen MR) is 79.4 cm³/mol. The SMILES string of the molecule is NCc1ccc(C(=O)OCCCc2ccccc2)cc1. The molecule has 0 amide bonds. The number of rotatable bonds is 6. The molecule has 0 saturated carbocycles. The van der Waals surface area contributed by atoms with E-state index >= 15 is 0 Å². The van der Waals surface area contributed by atoms with Crippen LogP contribution in [0.25, 0.3) is 0 Å². The Morgan fingerprint density at radius 1 is 0.950 bits per heavy atom. The Labute approximate surface area is 119 Å². The summed E-state index contributed by atoms with van der Waals surface area (Å²) >= 11 is 0. The van der Waals surface area contributed by atoms with Gasteiger partial charge in [0.15, 0.2) is 0 Å². The number of esters is 1. The first kappa shape index (κ1) is 14.3. The summed E-state index contributed by atoms with van der Waals surface area (Å²) in [5.74, 6) is -0.276. The molecule has 0 radical (unpaired) electrons. The van der Waals surface area contributed by atoms with E-state index in [4.69, 9.17) is 10.5 Å². The number of hydrogen-bond acceptors (Lipinski definition) is 3. The largest absolute Gasteiger partial charge is 0.462 e. The Morgan fingerprint density at radius 2 is 1.65 bits per heavy atom. The summed E-state index contributed by atoms with van der Waals surface area (Å²) in [7, 11) is 0. The molecule has 2 aromatic rings. The van der Waals surface area contributed by atoms with Crippen LogP contribution in [0, 0.1) is 0 Å². The number of hydrogen-bond donors (Lipinski definition) is 1. The molecule has 104 valence electrons. The van der Waals surface area contributed by atoms with Crippen molar-refractivity contribution >= 4 is 5.97 Å². The van der Waals surface area contributed by atoms with Crippen LogP contribution in [-0.2, 0) is 17.7 Å². The first-order chi connectivity index (χ1) is 9.79. The molecule has 0 spiro atoms. The highest BCUT2D eigenvalue weighted by Gasteiger charge is 2.06. The molecule has 3 nitrogen and oxygen atoms in total. The Morgan fingerprint density at radius 3 is 2.30 bits per heavy atom. The van der Waals surface area contributed by atoms with Crippen molar-refractivity contribution in [1.82, 2.24) is 0 Å². The quantitative estimate of drug-likeness (QED) is 0.648. The lowest BCUT2D eigenvalue weighted by atomic mass is 10.1. The molecule has 3 heteroatoms. The maximum absolute atomic E-state index is 11.8. The van der Waals surface area contributed by atoms with Gasteiger partial charge < -0.3 is 10.5 Å². The molecule has 0 aliphatic heterocycles. The number of nitrogens with two attached hydrogens (primary N) is 1. The minimum Gasteiger partial charge on any atom is -0.462 e. The molecular formula is C17H19NO2. The fourth-order valence-corrected chi connectivity index (χ4v) is 1.95. The average Bonchev–Trinajstić information content (AvgIpc) is 2.52. The van der Waals surface area contributed by atoms with Gasteiger partial charge in [0, 0.05) is 6.54 Å². The normalized spacial score (nSPS) is 10.2. The van der Waals surface area contributed by atoms with Crippen LogP contribution in [0.4, 0.5) is 0 Å². The summed E-state index contributed by atoms with van der Waals surface area (Å²) in [4.78, 5) is 11.8. The van der Waals surface area contributed by atoms with Crippen molar-refractivity contribution in [2.24, 2.45) is 5.73 Å². The van der Waals surface area contributed by atoms with Crippen LogP contribution in [0.5, 0.6) is 0 Å². The lowest BCUT2D eigenvalue weighted by molar-refractivity contribution is 0.0500. The molecule has 0 fully saturated rings. The van der Waals surface area contributed by atoms with Gasteiger partial charge in [0.05, 0.1) is 12.2 Å². The second kappa shape index (κ2) is 7.46. The first-order valence-corrected chi connectivity index (χ1v) is 6.79. The summed E-state index contributed by atoms with van der Waals surface area (Å²) in [5.41, 5.74) is 8.35. The molecule has 2 aromatic carbocycles. The zero-order valence-corrected chi connectivity index (χ0v) is 11.4. The van der Waals surface area contributed by atoms with E-state index in [0.29, 0.717) is 18.7 Å². The molecule has 0 aromatic heterocycles. The van der Waals surface area contributed by atoms with Gasteiger partial charge in [-0.05, 0) is 36.1 Å². The highest BCUT2D eigenvalue weighted by molar-refractivity contribution is 5.89. The number of aryl methyl sites for hydroxylation is 1. The van der Waals surface area contributed by atoms with Gasteiger partial charge in [-0.15, -0.1) is 0 Å². The van der Waals surface area contributed by atoms with E-state index in [2.05, 4.69) is 12.1 Å². The third kappa shape index (κ3) is 4.21. The number of carbonyl (C=O) groups is 1. The van der Waals surface area contributed by atoms with Gasteiger partial charge in [0.25, 0.3) is 0 Å². The van der Waals surface area contributed by atoms with Crippen LogP contribution in [-0.4, -0.2) is 12.6 Å².